The Bertz CT molecular complexity index is 903. The molecule has 4 rings (SSSR count). The Morgan fingerprint density at radius 2 is 2.04 bits per heavy atom. The van der Waals surface area contributed by atoms with Crippen molar-refractivity contribution in [2.75, 3.05) is 18.0 Å². The van der Waals surface area contributed by atoms with E-state index in [1.165, 1.54) is 18.5 Å². The third-order valence-electron chi connectivity index (χ3n) is 4.33. The molecule has 1 saturated heterocycles. The van der Waals surface area contributed by atoms with E-state index < -0.39 is 0 Å². The van der Waals surface area contributed by atoms with Gasteiger partial charge < -0.3 is 14.6 Å². The van der Waals surface area contributed by atoms with Crippen LogP contribution in [0, 0.1) is 11.3 Å². The van der Waals surface area contributed by atoms with E-state index in [9.17, 15) is 0 Å². The number of nitriles is 1. The Morgan fingerprint density at radius 1 is 1.17 bits per heavy atom. The van der Waals surface area contributed by atoms with Crippen LogP contribution in [0.4, 0.5) is 5.69 Å². The first-order chi connectivity index (χ1) is 11.8. The summed E-state index contributed by atoms with van der Waals surface area (Å²) in [6.45, 7) is 2.60. The van der Waals surface area contributed by atoms with Crippen molar-refractivity contribution in [2.45, 2.75) is 19.4 Å². The monoisotopic (exact) mass is 318 g/mol. The molecule has 0 spiro atoms. The molecule has 0 amide bonds. The SMILES string of the molecule is N#Cc1cccc(OCc2nc3cc(N4CCCC4)ccc3[nH]2)c1. The van der Waals surface area contributed by atoms with Gasteiger partial charge >= 0.3 is 0 Å². The normalized spacial score (nSPS) is 14.0. The van der Waals surface area contributed by atoms with Gasteiger partial charge in [-0.3, -0.25) is 0 Å². The van der Waals surface area contributed by atoms with Gasteiger partial charge in [0.15, 0.2) is 0 Å². The summed E-state index contributed by atoms with van der Waals surface area (Å²) in [5.41, 5.74) is 3.80. The maximum Gasteiger partial charge on any atom is 0.146 e. The first kappa shape index (κ1) is 14.6. The van der Waals surface area contributed by atoms with Gasteiger partial charge in [0, 0.05) is 18.8 Å². The number of fused-ring (bicyclic) bond motifs is 1. The third kappa shape index (κ3) is 2.91. The lowest BCUT2D eigenvalue weighted by Gasteiger charge is -2.16. The number of aromatic amines is 1. The topological polar surface area (TPSA) is 64.9 Å². The van der Waals surface area contributed by atoms with E-state index in [1.54, 1.807) is 12.1 Å². The Hall–Kier alpha value is -3.00. The zero-order valence-corrected chi connectivity index (χ0v) is 13.3. The highest BCUT2D eigenvalue weighted by atomic mass is 16.5. The van der Waals surface area contributed by atoms with Gasteiger partial charge in [-0.1, -0.05) is 6.07 Å². The molecule has 1 N–H and O–H groups in total. The minimum absolute atomic E-state index is 0.350. The second kappa shape index (κ2) is 6.25. The highest BCUT2D eigenvalue weighted by Gasteiger charge is 2.13. The molecular weight excluding hydrogens is 300 g/mol. The van der Waals surface area contributed by atoms with E-state index in [4.69, 9.17) is 10.00 Å². The summed E-state index contributed by atoms with van der Waals surface area (Å²) in [5, 5.41) is 8.93. The minimum Gasteiger partial charge on any atom is -0.486 e. The molecule has 1 aliphatic heterocycles. The fourth-order valence-electron chi connectivity index (χ4n) is 3.09. The molecule has 1 aromatic heterocycles. The lowest BCUT2D eigenvalue weighted by Crippen LogP contribution is -2.17. The fraction of sp³-hybridized carbons (Fsp3) is 0.263. The van der Waals surface area contributed by atoms with Crippen LogP contribution < -0.4 is 9.64 Å². The molecule has 1 fully saturated rings. The summed E-state index contributed by atoms with van der Waals surface area (Å²) >= 11 is 0. The van der Waals surface area contributed by atoms with E-state index in [0.29, 0.717) is 17.9 Å². The van der Waals surface area contributed by atoms with Crippen LogP contribution in [0.2, 0.25) is 0 Å². The molecule has 3 aromatic rings. The number of nitrogens with zero attached hydrogens (tertiary/aromatic N) is 3. The molecule has 5 heteroatoms. The van der Waals surface area contributed by atoms with Crippen molar-refractivity contribution in [1.29, 1.82) is 5.26 Å². The van der Waals surface area contributed by atoms with Gasteiger partial charge in [0.25, 0.3) is 0 Å². The molecular formula is C19H18N4O. The highest BCUT2D eigenvalue weighted by Crippen LogP contribution is 2.24. The Morgan fingerprint density at radius 3 is 2.88 bits per heavy atom. The molecule has 0 radical (unpaired) electrons. The average Bonchev–Trinajstić information content (AvgIpc) is 3.28. The fourth-order valence-corrected chi connectivity index (χ4v) is 3.09. The summed E-state index contributed by atoms with van der Waals surface area (Å²) in [5.74, 6) is 1.46. The second-order valence-electron chi connectivity index (χ2n) is 6.01. The van der Waals surface area contributed by atoms with Crippen LogP contribution in [0.25, 0.3) is 11.0 Å². The van der Waals surface area contributed by atoms with Crippen LogP contribution in [-0.4, -0.2) is 23.1 Å². The van der Waals surface area contributed by atoms with Crippen LogP contribution in [0.5, 0.6) is 5.75 Å². The number of benzene rings is 2. The molecule has 0 atom stereocenters. The van der Waals surface area contributed by atoms with Crippen LogP contribution in [0.15, 0.2) is 42.5 Å². The van der Waals surface area contributed by atoms with E-state index >= 15 is 0 Å². The maximum absolute atomic E-state index is 8.93. The number of hydrogen-bond donors (Lipinski definition) is 1. The molecule has 1 aliphatic rings. The van der Waals surface area contributed by atoms with E-state index in [1.807, 2.05) is 12.1 Å². The van der Waals surface area contributed by atoms with Crippen molar-refractivity contribution in [3.8, 4) is 11.8 Å². The van der Waals surface area contributed by atoms with Gasteiger partial charge in [0.1, 0.15) is 18.2 Å². The highest BCUT2D eigenvalue weighted by molar-refractivity contribution is 5.79. The second-order valence-corrected chi connectivity index (χ2v) is 6.01. The first-order valence-corrected chi connectivity index (χ1v) is 8.18. The van der Waals surface area contributed by atoms with Crippen molar-refractivity contribution < 1.29 is 4.74 Å². The summed E-state index contributed by atoms with van der Waals surface area (Å²) in [4.78, 5) is 10.3. The summed E-state index contributed by atoms with van der Waals surface area (Å²) in [6.07, 6.45) is 2.53. The van der Waals surface area contributed by atoms with Gasteiger partial charge in [-0.15, -0.1) is 0 Å². The number of aromatic nitrogens is 2. The average molecular weight is 318 g/mol. The molecule has 0 saturated carbocycles. The van der Waals surface area contributed by atoms with E-state index in [0.717, 1.165) is 29.9 Å². The molecule has 0 unspecified atom stereocenters. The molecule has 0 bridgehead atoms. The first-order valence-electron chi connectivity index (χ1n) is 8.18. The smallest absolute Gasteiger partial charge is 0.146 e. The van der Waals surface area contributed by atoms with Gasteiger partial charge in [-0.25, -0.2) is 4.98 Å². The zero-order chi connectivity index (χ0) is 16.4. The number of hydrogen-bond acceptors (Lipinski definition) is 4. The molecule has 2 heterocycles. The van der Waals surface area contributed by atoms with Gasteiger partial charge in [-0.05, 0) is 49.2 Å². The Kier molecular flexibility index (Phi) is 3.80. The molecule has 2 aromatic carbocycles. The molecule has 0 aliphatic carbocycles. The molecule has 120 valence electrons. The third-order valence-corrected chi connectivity index (χ3v) is 4.33. The van der Waals surface area contributed by atoms with Crippen molar-refractivity contribution in [1.82, 2.24) is 9.97 Å². The number of H-pyrrole nitrogens is 1. The van der Waals surface area contributed by atoms with Crippen molar-refractivity contribution in [2.24, 2.45) is 0 Å². The summed E-state index contributed by atoms with van der Waals surface area (Å²) < 4.78 is 5.74. The summed E-state index contributed by atoms with van der Waals surface area (Å²) in [7, 11) is 0. The van der Waals surface area contributed by atoms with Crippen LogP contribution in [0.3, 0.4) is 0 Å². The van der Waals surface area contributed by atoms with Gasteiger partial charge in [0.2, 0.25) is 0 Å². The molecule has 24 heavy (non-hydrogen) atoms. The van der Waals surface area contributed by atoms with Crippen LogP contribution in [0.1, 0.15) is 24.2 Å². The maximum atomic E-state index is 8.93. The lowest BCUT2D eigenvalue weighted by atomic mass is 10.2. The number of rotatable bonds is 4. The minimum atomic E-state index is 0.350. The van der Waals surface area contributed by atoms with Gasteiger partial charge in [-0.2, -0.15) is 5.26 Å². The van der Waals surface area contributed by atoms with Crippen molar-refractivity contribution in [3.05, 3.63) is 53.9 Å². The number of imidazole rings is 1. The Labute approximate surface area is 140 Å². The quantitative estimate of drug-likeness (QED) is 0.798. The van der Waals surface area contributed by atoms with E-state index in [2.05, 4.69) is 39.1 Å². The lowest BCUT2D eigenvalue weighted by molar-refractivity contribution is 0.297. The number of anilines is 1. The predicted octanol–water partition coefficient (Wildman–Crippen LogP) is 3.61. The van der Waals surface area contributed by atoms with Gasteiger partial charge in [0.05, 0.1) is 22.7 Å². The summed E-state index contributed by atoms with van der Waals surface area (Å²) in [6, 6.07) is 15.6. The number of ether oxygens (including phenoxy) is 1. The van der Waals surface area contributed by atoms with Crippen molar-refractivity contribution >= 4 is 16.7 Å². The zero-order valence-electron chi connectivity index (χ0n) is 13.3. The van der Waals surface area contributed by atoms with Crippen LogP contribution >= 0.6 is 0 Å². The van der Waals surface area contributed by atoms with Crippen LogP contribution in [-0.2, 0) is 6.61 Å². The van der Waals surface area contributed by atoms with E-state index in [-0.39, 0.29) is 0 Å². The Balaban J connectivity index is 1.51. The standard InChI is InChI=1S/C19H18N4O/c20-12-14-4-3-5-16(10-14)24-13-19-21-17-7-6-15(11-18(17)22-19)23-8-1-2-9-23/h3-7,10-11H,1-2,8-9,13H2,(H,21,22). The molecule has 5 nitrogen and oxygen atoms in total. The number of nitrogens with one attached hydrogen (secondary N) is 1. The largest absolute Gasteiger partial charge is 0.486 e. The predicted molar refractivity (Wildman–Crippen MR) is 93.0 cm³/mol. The van der Waals surface area contributed by atoms with Crippen molar-refractivity contribution in [3.63, 3.8) is 0 Å².